The van der Waals surface area contributed by atoms with Gasteiger partial charge in [0.2, 0.25) is 11.8 Å². The molecule has 0 fully saturated rings. The molecule has 3 aromatic rings. The summed E-state index contributed by atoms with van der Waals surface area (Å²) < 4.78 is 16.7. The van der Waals surface area contributed by atoms with Gasteiger partial charge in [-0.15, -0.1) is 24.0 Å². The summed E-state index contributed by atoms with van der Waals surface area (Å²) in [5.41, 5.74) is 0.899. The minimum absolute atomic E-state index is 0. The van der Waals surface area contributed by atoms with Gasteiger partial charge in [0.1, 0.15) is 17.3 Å². The molecule has 2 heterocycles. The maximum absolute atomic E-state index is 5.83. The molecule has 178 valence electrons. The number of methoxy groups -OCH3 is 1. The zero-order chi connectivity index (χ0) is 23.0. The van der Waals surface area contributed by atoms with E-state index >= 15 is 0 Å². The van der Waals surface area contributed by atoms with Crippen molar-refractivity contribution in [3.05, 3.63) is 66.0 Å². The first-order valence-electron chi connectivity index (χ1n) is 10.6. The van der Waals surface area contributed by atoms with Gasteiger partial charge in [-0.2, -0.15) is 0 Å². The lowest BCUT2D eigenvalue weighted by Gasteiger charge is -2.13. The first-order chi connectivity index (χ1) is 15.4. The number of benzene rings is 1. The second kappa shape index (κ2) is 12.4. The Hall–Kier alpha value is -2.82. The molecule has 8 nitrogen and oxygen atoms in total. The molecule has 0 aliphatic carbocycles. The Morgan fingerprint density at radius 3 is 2.30 bits per heavy atom. The molecule has 2 N–H and O–H groups in total. The summed E-state index contributed by atoms with van der Waals surface area (Å²) in [6.07, 6.45) is 3.54. The number of hydrogen-bond donors (Lipinski definition) is 2. The first-order valence-corrected chi connectivity index (χ1v) is 10.6. The predicted octanol–water partition coefficient (Wildman–Crippen LogP) is 5.04. The largest absolute Gasteiger partial charge is 0.497 e. The number of halogens is 1. The van der Waals surface area contributed by atoms with Gasteiger partial charge in [-0.3, -0.25) is 0 Å². The van der Waals surface area contributed by atoms with Crippen LogP contribution in [0.15, 0.2) is 58.2 Å². The lowest BCUT2D eigenvalue weighted by Crippen LogP contribution is -2.36. The fraction of sp³-hybridized carbons (Fsp3) is 0.375. The highest BCUT2D eigenvalue weighted by Gasteiger charge is 2.19. The highest BCUT2D eigenvalue weighted by atomic mass is 127. The van der Waals surface area contributed by atoms with Crippen LogP contribution in [-0.2, 0) is 18.5 Å². The van der Waals surface area contributed by atoms with E-state index in [0.29, 0.717) is 36.6 Å². The number of nitrogens with zero attached hydrogens (tertiary/aromatic N) is 3. The van der Waals surface area contributed by atoms with Crippen molar-refractivity contribution in [1.29, 1.82) is 0 Å². The Labute approximate surface area is 212 Å². The van der Waals surface area contributed by atoms with E-state index in [1.54, 1.807) is 19.5 Å². The average Bonchev–Trinajstić information content (AvgIpc) is 3.27. The van der Waals surface area contributed by atoms with Gasteiger partial charge in [-0.25, -0.2) is 15.0 Å². The molecule has 0 bridgehead atoms. The van der Waals surface area contributed by atoms with Crippen molar-refractivity contribution in [2.75, 3.05) is 13.7 Å². The molecule has 0 radical (unpaired) electrons. The van der Waals surface area contributed by atoms with Gasteiger partial charge in [-0.1, -0.05) is 26.8 Å². The first kappa shape index (κ1) is 26.4. The van der Waals surface area contributed by atoms with Gasteiger partial charge < -0.3 is 24.5 Å². The van der Waals surface area contributed by atoms with E-state index in [-0.39, 0.29) is 29.4 Å². The summed E-state index contributed by atoms with van der Waals surface area (Å²) in [7, 11) is 1.63. The van der Waals surface area contributed by atoms with Gasteiger partial charge in [0, 0.05) is 24.2 Å². The third kappa shape index (κ3) is 8.23. The highest BCUT2D eigenvalue weighted by Crippen LogP contribution is 2.23. The van der Waals surface area contributed by atoms with Crippen LogP contribution in [0.1, 0.15) is 44.9 Å². The van der Waals surface area contributed by atoms with Gasteiger partial charge in [-0.05, 0) is 36.8 Å². The number of nitrogens with one attached hydrogen (secondary N) is 2. The summed E-state index contributed by atoms with van der Waals surface area (Å²) in [5, 5.41) is 6.48. The number of hydrogen-bond acceptors (Lipinski definition) is 6. The van der Waals surface area contributed by atoms with E-state index in [0.717, 1.165) is 23.6 Å². The average molecular weight is 565 g/mol. The van der Waals surface area contributed by atoms with Gasteiger partial charge in [0.15, 0.2) is 5.96 Å². The second-order valence-corrected chi connectivity index (χ2v) is 8.20. The Balaban J connectivity index is 0.00000385. The number of aliphatic imine (C=N–C) groups is 1. The topological polar surface area (TPSA) is 93.8 Å². The second-order valence-electron chi connectivity index (χ2n) is 8.20. The van der Waals surface area contributed by atoms with Crippen molar-refractivity contribution in [3.63, 3.8) is 0 Å². The number of ether oxygens (including phenoxy) is 2. The quantitative estimate of drug-likeness (QED) is 0.225. The van der Waals surface area contributed by atoms with Crippen molar-refractivity contribution in [2.24, 2.45) is 4.99 Å². The van der Waals surface area contributed by atoms with Gasteiger partial charge >= 0.3 is 0 Å². The van der Waals surface area contributed by atoms with Crippen molar-refractivity contribution in [1.82, 2.24) is 20.6 Å². The Morgan fingerprint density at radius 2 is 1.73 bits per heavy atom. The molecule has 0 unspecified atom stereocenters. The van der Waals surface area contributed by atoms with Crippen molar-refractivity contribution >= 4 is 29.9 Å². The highest BCUT2D eigenvalue weighted by molar-refractivity contribution is 14.0. The van der Waals surface area contributed by atoms with E-state index in [2.05, 4.69) is 46.4 Å². The predicted molar refractivity (Wildman–Crippen MR) is 140 cm³/mol. The monoisotopic (exact) mass is 565 g/mol. The van der Waals surface area contributed by atoms with E-state index in [9.17, 15) is 0 Å². The van der Waals surface area contributed by atoms with Crippen LogP contribution < -0.4 is 20.1 Å². The molecule has 2 aromatic heterocycles. The lowest BCUT2D eigenvalue weighted by molar-refractivity contribution is 0.379. The normalized spacial score (nSPS) is 11.5. The number of pyridine rings is 1. The van der Waals surface area contributed by atoms with E-state index in [1.165, 1.54) is 0 Å². The summed E-state index contributed by atoms with van der Waals surface area (Å²) >= 11 is 0. The minimum Gasteiger partial charge on any atom is -0.497 e. The fourth-order valence-corrected chi connectivity index (χ4v) is 2.74. The van der Waals surface area contributed by atoms with E-state index in [4.69, 9.17) is 13.9 Å². The van der Waals surface area contributed by atoms with Crippen LogP contribution in [0, 0.1) is 0 Å². The van der Waals surface area contributed by atoms with Crippen molar-refractivity contribution in [2.45, 2.75) is 46.2 Å². The zero-order valence-corrected chi connectivity index (χ0v) is 22.0. The zero-order valence-electron chi connectivity index (χ0n) is 19.7. The summed E-state index contributed by atoms with van der Waals surface area (Å²) in [6, 6.07) is 11.1. The summed E-state index contributed by atoms with van der Waals surface area (Å²) in [4.78, 5) is 13.3. The van der Waals surface area contributed by atoms with E-state index < -0.39 is 0 Å². The molecule has 0 saturated carbocycles. The minimum atomic E-state index is -0.0694. The van der Waals surface area contributed by atoms with Crippen LogP contribution >= 0.6 is 24.0 Å². The molecule has 33 heavy (non-hydrogen) atoms. The maximum atomic E-state index is 5.83. The van der Waals surface area contributed by atoms with E-state index in [1.807, 2.05) is 43.3 Å². The fourth-order valence-electron chi connectivity index (χ4n) is 2.74. The molecule has 0 spiro atoms. The number of guanidine groups is 1. The summed E-state index contributed by atoms with van der Waals surface area (Å²) in [5.74, 6) is 4.17. The lowest BCUT2D eigenvalue weighted by atomic mass is 9.94. The smallest absolute Gasteiger partial charge is 0.219 e. The number of aromatic nitrogens is 2. The SMILES string of the molecule is CCNC(=NCc1ccc(Oc2ccc(OC)cc2)nc1)NCc1ncc(C(C)(C)C)o1.I. The molecular weight excluding hydrogens is 533 g/mol. The van der Waals surface area contributed by atoms with Crippen LogP contribution in [0.4, 0.5) is 0 Å². The van der Waals surface area contributed by atoms with Crippen molar-refractivity contribution < 1.29 is 13.9 Å². The Morgan fingerprint density at radius 1 is 1.00 bits per heavy atom. The standard InChI is InChI=1S/C24H31N5O3.HI/c1-6-25-23(29-16-22-27-15-20(32-22)24(2,3)4)28-14-17-7-12-21(26-13-17)31-19-10-8-18(30-5)9-11-19;/h7-13,15H,6,14,16H2,1-5H3,(H2,25,28,29);1H. The molecule has 0 saturated heterocycles. The third-order valence-electron chi connectivity index (χ3n) is 4.54. The van der Waals surface area contributed by atoms with Gasteiger partial charge in [0.25, 0.3) is 0 Å². The Bertz CT molecular complexity index is 1010. The van der Waals surface area contributed by atoms with Crippen LogP contribution in [0.2, 0.25) is 0 Å². The molecule has 0 aliphatic rings. The number of rotatable bonds is 8. The molecular formula is C24H32IN5O3. The maximum Gasteiger partial charge on any atom is 0.219 e. The van der Waals surface area contributed by atoms with Crippen LogP contribution in [0.25, 0.3) is 0 Å². The molecule has 0 atom stereocenters. The molecule has 9 heteroatoms. The van der Waals surface area contributed by atoms with Crippen LogP contribution in [0.5, 0.6) is 17.4 Å². The third-order valence-corrected chi connectivity index (χ3v) is 4.54. The molecule has 3 rings (SSSR count). The van der Waals surface area contributed by atoms with Crippen molar-refractivity contribution in [3.8, 4) is 17.4 Å². The summed E-state index contributed by atoms with van der Waals surface area (Å²) in [6.45, 7) is 9.98. The molecule has 0 aliphatic heterocycles. The van der Waals surface area contributed by atoms with Gasteiger partial charge in [0.05, 0.1) is 26.4 Å². The molecule has 1 aromatic carbocycles. The van der Waals surface area contributed by atoms with Crippen LogP contribution in [0.3, 0.4) is 0 Å². The Kier molecular flexibility index (Phi) is 9.95. The molecule has 0 amide bonds. The van der Waals surface area contributed by atoms with Crippen LogP contribution in [-0.4, -0.2) is 29.6 Å². The number of oxazole rings is 1.